The summed E-state index contributed by atoms with van der Waals surface area (Å²) in [6.45, 7) is 8.00. The average molecular weight is 225 g/mol. The molecule has 0 unspecified atom stereocenters. The van der Waals surface area contributed by atoms with Gasteiger partial charge in [0.2, 0.25) is 0 Å². The molecule has 0 heterocycles. The smallest absolute Gasteiger partial charge is 0.274 e. The van der Waals surface area contributed by atoms with Crippen molar-refractivity contribution < 1.29 is 9.63 Å². The number of amides is 1. The first kappa shape index (κ1) is 17.1. The molecule has 0 radical (unpaired) electrons. The van der Waals surface area contributed by atoms with Crippen LogP contribution in [0.25, 0.3) is 0 Å². The maximum atomic E-state index is 11.4. The molecule has 1 amide bonds. The van der Waals surface area contributed by atoms with E-state index in [9.17, 15) is 4.79 Å². The highest BCUT2D eigenvalue weighted by Crippen LogP contribution is 2.02. The number of rotatable bonds is 2. The standard InChI is InChI=1S/C9H11NO2.2C2H6/c1-10(12-2)9(11)8-6-4-3-5-7-8;2*1-2/h3-7H,1-2H3;2*1-2H3. The molecule has 0 atom stereocenters. The maximum absolute atomic E-state index is 11.4. The fourth-order valence-corrected chi connectivity index (χ4v) is 0.845. The number of benzene rings is 1. The molecule has 1 rings (SSSR count). The number of hydrogen-bond donors (Lipinski definition) is 0. The van der Waals surface area contributed by atoms with Crippen LogP contribution in [-0.4, -0.2) is 25.1 Å². The van der Waals surface area contributed by atoms with Crippen LogP contribution in [0.15, 0.2) is 30.3 Å². The Labute approximate surface area is 99.0 Å². The molecule has 0 aliphatic heterocycles. The van der Waals surface area contributed by atoms with Gasteiger partial charge in [-0.2, -0.15) is 0 Å². The second kappa shape index (κ2) is 11.7. The van der Waals surface area contributed by atoms with E-state index in [4.69, 9.17) is 4.84 Å². The van der Waals surface area contributed by atoms with Crippen LogP contribution in [0.4, 0.5) is 0 Å². The van der Waals surface area contributed by atoms with Crippen molar-refractivity contribution in [2.24, 2.45) is 0 Å². The Kier molecular flexibility index (Phi) is 12.5. The number of hydroxylamine groups is 2. The fourth-order valence-electron chi connectivity index (χ4n) is 0.845. The SMILES string of the molecule is CC.CC.CON(C)C(=O)c1ccccc1. The van der Waals surface area contributed by atoms with Crippen LogP contribution in [0, 0.1) is 0 Å². The molecule has 0 spiro atoms. The van der Waals surface area contributed by atoms with E-state index in [-0.39, 0.29) is 5.91 Å². The van der Waals surface area contributed by atoms with Crippen molar-refractivity contribution in [1.29, 1.82) is 0 Å². The summed E-state index contributed by atoms with van der Waals surface area (Å²) < 4.78 is 0. The van der Waals surface area contributed by atoms with E-state index in [1.165, 1.54) is 12.2 Å². The van der Waals surface area contributed by atoms with Gasteiger partial charge in [-0.05, 0) is 12.1 Å². The molecular formula is C13H23NO2. The summed E-state index contributed by atoms with van der Waals surface area (Å²) >= 11 is 0. The molecule has 0 bridgehead atoms. The summed E-state index contributed by atoms with van der Waals surface area (Å²) in [6.07, 6.45) is 0. The molecule has 0 N–H and O–H groups in total. The van der Waals surface area contributed by atoms with E-state index in [0.717, 1.165) is 0 Å². The van der Waals surface area contributed by atoms with Crippen molar-refractivity contribution in [3.63, 3.8) is 0 Å². The van der Waals surface area contributed by atoms with Crippen molar-refractivity contribution >= 4 is 5.91 Å². The zero-order chi connectivity index (χ0) is 13.0. The zero-order valence-corrected chi connectivity index (χ0v) is 11.2. The minimum Gasteiger partial charge on any atom is -0.274 e. The monoisotopic (exact) mass is 225 g/mol. The van der Waals surface area contributed by atoms with Gasteiger partial charge in [-0.3, -0.25) is 9.63 Å². The lowest BCUT2D eigenvalue weighted by molar-refractivity contribution is -0.0756. The van der Waals surface area contributed by atoms with Crippen molar-refractivity contribution in [1.82, 2.24) is 5.06 Å². The summed E-state index contributed by atoms with van der Waals surface area (Å²) in [6, 6.07) is 8.99. The quantitative estimate of drug-likeness (QED) is 0.722. The lowest BCUT2D eigenvalue weighted by Gasteiger charge is -2.12. The van der Waals surface area contributed by atoms with E-state index < -0.39 is 0 Å². The van der Waals surface area contributed by atoms with Gasteiger partial charge in [-0.1, -0.05) is 45.9 Å². The van der Waals surface area contributed by atoms with E-state index >= 15 is 0 Å². The van der Waals surface area contributed by atoms with Crippen molar-refractivity contribution in [3.05, 3.63) is 35.9 Å². The molecule has 3 nitrogen and oxygen atoms in total. The average Bonchev–Trinajstić information content (AvgIpc) is 2.42. The highest BCUT2D eigenvalue weighted by Gasteiger charge is 2.08. The summed E-state index contributed by atoms with van der Waals surface area (Å²) in [7, 11) is 3.04. The fraction of sp³-hybridized carbons (Fsp3) is 0.462. The molecule has 0 fully saturated rings. The largest absolute Gasteiger partial charge is 0.277 e. The molecule has 0 saturated carbocycles. The second-order valence-electron chi connectivity index (χ2n) is 2.35. The summed E-state index contributed by atoms with van der Waals surface area (Å²) in [5.74, 6) is -0.141. The van der Waals surface area contributed by atoms with Gasteiger partial charge in [-0.25, -0.2) is 5.06 Å². The van der Waals surface area contributed by atoms with Crippen LogP contribution in [0.5, 0.6) is 0 Å². The van der Waals surface area contributed by atoms with E-state index in [1.54, 1.807) is 19.2 Å². The van der Waals surface area contributed by atoms with E-state index in [1.807, 2.05) is 45.9 Å². The molecule has 1 aromatic rings. The van der Waals surface area contributed by atoms with Gasteiger partial charge >= 0.3 is 0 Å². The first-order chi connectivity index (χ1) is 7.75. The van der Waals surface area contributed by atoms with Crippen molar-refractivity contribution in [3.8, 4) is 0 Å². The first-order valence-electron chi connectivity index (χ1n) is 5.63. The Balaban J connectivity index is 0. The second-order valence-corrected chi connectivity index (χ2v) is 2.35. The Bertz CT molecular complexity index is 260. The molecular weight excluding hydrogens is 202 g/mol. The molecule has 0 aliphatic carbocycles. The lowest BCUT2D eigenvalue weighted by atomic mass is 10.2. The van der Waals surface area contributed by atoms with Crippen LogP contribution < -0.4 is 0 Å². The van der Waals surface area contributed by atoms with Gasteiger partial charge in [0.1, 0.15) is 0 Å². The molecule has 92 valence electrons. The normalized spacial score (nSPS) is 7.88. The highest BCUT2D eigenvalue weighted by molar-refractivity contribution is 5.93. The number of carbonyl (C=O) groups excluding carboxylic acids is 1. The Morgan fingerprint density at radius 1 is 1.06 bits per heavy atom. The highest BCUT2D eigenvalue weighted by atomic mass is 16.7. The minimum atomic E-state index is -0.141. The van der Waals surface area contributed by atoms with Gasteiger partial charge in [0.25, 0.3) is 5.91 Å². The Morgan fingerprint density at radius 2 is 1.50 bits per heavy atom. The van der Waals surface area contributed by atoms with Gasteiger partial charge in [0, 0.05) is 12.6 Å². The van der Waals surface area contributed by atoms with Crippen LogP contribution in [0.1, 0.15) is 38.1 Å². The predicted molar refractivity (Wildman–Crippen MR) is 68.2 cm³/mol. The van der Waals surface area contributed by atoms with Gasteiger partial charge in [0.15, 0.2) is 0 Å². The third-order valence-corrected chi connectivity index (χ3v) is 1.58. The Morgan fingerprint density at radius 3 is 1.88 bits per heavy atom. The van der Waals surface area contributed by atoms with Crippen LogP contribution in [0.2, 0.25) is 0 Å². The summed E-state index contributed by atoms with van der Waals surface area (Å²) in [4.78, 5) is 16.1. The van der Waals surface area contributed by atoms with E-state index in [0.29, 0.717) is 5.56 Å². The Hall–Kier alpha value is -1.35. The van der Waals surface area contributed by atoms with Gasteiger partial charge < -0.3 is 0 Å². The number of hydrogen-bond acceptors (Lipinski definition) is 2. The molecule has 3 heteroatoms. The molecule has 16 heavy (non-hydrogen) atoms. The zero-order valence-electron chi connectivity index (χ0n) is 11.2. The van der Waals surface area contributed by atoms with Crippen molar-refractivity contribution in [2.45, 2.75) is 27.7 Å². The summed E-state index contributed by atoms with van der Waals surface area (Å²) in [5, 5.41) is 1.19. The van der Waals surface area contributed by atoms with E-state index in [2.05, 4.69) is 0 Å². The minimum absolute atomic E-state index is 0.141. The first-order valence-corrected chi connectivity index (χ1v) is 5.63. The molecule has 1 aromatic carbocycles. The maximum Gasteiger partial charge on any atom is 0.277 e. The van der Waals surface area contributed by atoms with Crippen LogP contribution in [-0.2, 0) is 4.84 Å². The van der Waals surface area contributed by atoms with Crippen LogP contribution >= 0.6 is 0 Å². The van der Waals surface area contributed by atoms with Gasteiger partial charge in [0.05, 0.1) is 7.11 Å². The summed E-state index contributed by atoms with van der Waals surface area (Å²) in [5.41, 5.74) is 0.627. The van der Waals surface area contributed by atoms with Crippen molar-refractivity contribution in [2.75, 3.05) is 14.2 Å². The third-order valence-electron chi connectivity index (χ3n) is 1.58. The molecule has 0 aromatic heterocycles. The van der Waals surface area contributed by atoms with Gasteiger partial charge in [-0.15, -0.1) is 0 Å². The predicted octanol–water partition coefficient (Wildman–Crippen LogP) is 3.37. The topological polar surface area (TPSA) is 29.5 Å². The molecule has 0 aliphatic rings. The lowest BCUT2D eigenvalue weighted by Crippen LogP contribution is -2.25. The van der Waals surface area contributed by atoms with Crippen LogP contribution in [0.3, 0.4) is 0 Å². The molecule has 0 saturated heterocycles. The third kappa shape index (κ3) is 6.19. The number of nitrogens with zero attached hydrogens (tertiary/aromatic N) is 1. The number of carbonyl (C=O) groups is 1.